The van der Waals surface area contributed by atoms with Crippen molar-refractivity contribution in [2.45, 2.75) is 6.61 Å². The summed E-state index contributed by atoms with van der Waals surface area (Å²) < 4.78 is 12.5. The summed E-state index contributed by atoms with van der Waals surface area (Å²) in [6.07, 6.45) is 5.33. The maximum absolute atomic E-state index is 9.54. The number of pyridine rings is 1. The van der Waals surface area contributed by atoms with E-state index in [1.807, 2.05) is 36.5 Å². The summed E-state index contributed by atoms with van der Waals surface area (Å²) in [6.45, 7) is 2.62. The molecular formula is C22H22N6O3. The van der Waals surface area contributed by atoms with E-state index in [9.17, 15) is 5.11 Å². The Morgan fingerprint density at radius 1 is 1.10 bits per heavy atom. The molecule has 0 amide bonds. The Kier molecular flexibility index (Phi) is 5.19. The van der Waals surface area contributed by atoms with Crippen molar-refractivity contribution in [3.8, 4) is 22.8 Å². The monoisotopic (exact) mass is 418 g/mol. The van der Waals surface area contributed by atoms with Crippen molar-refractivity contribution in [2.75, 3.05) is 38.3 Å². The SMILES string of the molecule is COc1cccc(-c2cnn(-c3nc(N4CCOCC4)c4ncc(CO)cc4n3)c2)c1. The summed E-state index contributed by atoms with van der Waals surface area (Å²) in [6, 6.07) is 9.64. The van der Waals surface area contributed by atoms with Crippen LogP contribution in [0.15, 0.2) is 48.9 Å². The second-order valence-corrected chi connectivity index (χ2v) is 7.22. The highest BCUT2D eigenvalue weighted by molar-refractivity contribution is 5.86. The predicted octanol–water partition coefficient (Wildman–Crippen LogP) is 2.21. The number of hydrogen-bond donors (Lipinski definition) is 1. The molecule has 0 bridgehead atoms. The second-order valence-electron chi connectivity index (χ2n) is 7.22. The Hall–Kier alpha value is -3.56. The summed E-state index contributed by atoms with van der Waals surface area (Å²) >= 11 is 0. The van der Waals surface area contributed by atoms with Crippen LogP contribution in [0.4, 0.5) is 5.82 Å². The maximum atomic E-state index is 9.54. The van der Waals surface area contributed by atoms with E-state index >= 15 is 0 Å². The van der Waals surface area contributed by atoms with Gasteiger partial charge in [0, 0.05) is 31.0 Å². The number of benzene rings is 1. The third-order valence-electron chi connectivity index (χ3n) is 5.25. The molecule has 3 aromatic heterocycles. The van der Waals surface area contributed by atoms with Gasteiger partial charge in [0.15, 0.2) is 5.82 Å². The number of aliphatic hydroxyl groups excluding tert-OH is 1. The molecule has 0 radical (unpaired) electrons. The molecule has 0 aliphatic carbocycles. The molecule has 158 valence electrons. The van der Waals surface area contributed by atoms with Crippen molar-refractivity contribution < 1.29 is 14.6 Å². The van der Waals surface area contributed by atoms with Crippen LogP contribution in [0.3, 0.4) is 0 Å². The first-order valence-electron chi connectivity index (χ1n) is 10.0. The Bertz CT molecular complexity index is 1220. The summed E-state index contributed by atoms with van der Waals surface area (Å²) in [5.74, 6) is 1.97. The number of fused-ring (bicyclic) bond motifs is 1. The zero-order valence-electron chi connectivity index (χ0n) is 17.1. The first-order valence-corrected chi connectivity index (χ1v) is 10.0. The van der Waals surface area contributed by atoms with Gasteiger partial charge in [0.25, 0.3) is 5.95 Å². The first-order chi connectivity index (χ1) is 15.2. The smallest absolute Gasteiger partial charge is 0.253 e. The maximum Gasteiger partial charge on any atom is 0.253 e. The predicted molar refractivity (Wildman–Crippen MR) is 115 cm³/mol. The number of aromatic nitrogens is 5. The highest BCUT2D eigenvalue weighted by atomic mass is 16.5. The molecule has 9 heteroatoms. The van der Waals surface area contributed by atoms with E-state index in [1.54, 1.807) is 24.2 Å². The van der Waals surface area contributed by atoms with E-state index in [0.29, 0.717) is 35.8 Å². The minimum absolute atomic E-state index is 0.100. The number of methoxy groups -OCH3 is 1. The molecule has 0 atom stereocenters. The van der Waals surface area contributed by atoms with Gasteiger partial charge in [-0.3, -0.25) is 4.98 Å². The normalized spacial score (nSPS) is 14.2. The zero-order chi connectivity index (χ0) is 21.2. The van der Waals surface area contributed by atoms with E-state index in [4.69, 9.17) is 14.5 Å². The van der Waals surface area contributed by atoms with Crippen molar-refractivity contribution in [1.29, 1.82) is 0 Å². The average Bonchev–Trinajstić information content (AvgIpc) is 3.34. The molecule has 1 aliphatic rings. The molecule has 31 heavy (non-hydrogen) atoms. The first kappa shape index (κ1) is 19.4. The molecular weight excluding hydrogens is 396 g/mol. The van der Waals surface area contributed by atoms with Gasteiger partial charge in [-0.15, -0.1) is 0 Å². The van der Waals surface area contributed by atoms with Crippen molar-refractivity contribution in [3.63, 3.8) is 0 Å². The molecule has 0 spiro atoms. The highest BCUT2D eigenvalue weighted by Gasteiger charge is 2.20. The van der Waals surface area contributed by atoms with Gasteiger partial charge in [-0.1, -0.05) is 12.1 Å². The van der Waals surface area contributed by atoms with Gasteiger partial charge in [-0.25, -0.2) is 9.67 Å². The minimum atomic E-state index is -0.100. The number of hydrogen-bond acceptors (Lipinski definition) is 8. The van der Waals surface area contributed by atoms with E-state index in [0.717, 1.165) is 35.8 Å². The molecule has 5 rings (SSSR count). The quantitative estimate of drug-likeness (QED) is 0.527. The lowest BCUT2D eigenvalue weighted by atomic mass is 10.1. The van der Waals surface area contributed by atoms with Crippen LogP contribution in [-0.2, 0) is 11.3 Å². The third-order valence-corrected chi connectivity index (χ3v) is 5.25. The standard InChI is InChI=1S/C22H22N6O3/c1-30-18-4-2-3-16(10-18)17-12-24-28(13-17)22-25-19-9-15(14-29)11-23-20(19)21(26-22)27-5-7-31-8-6-27/h2-4,9-13,29H,5-8,14H2,1H3. The van der Waals surface area contributed by atoms with Crippen LogP contribution in [0.5, 0.6) is 5.75 Å². The number of aliphatic hydroxyl groups is 1. The molecule has 1 fully saturated rings. The number of nitrogens with zero attached hydrogens (tertiary/aromatic N) is 6. The van der Waals surface area contributed by atoms with Crippen molar-refractivity contribution in [3.05, 3.63) is 54.5 Å². The summed E-state index contributed by atoms with van der Waals surface area (Å²) in [5, 5.41) is 14.0. The Labute approximate surface area is 178 Å². The molecule has 1 N–H and O–H groups in total. The topological polar surface area (TPSA) is 98.4 Å². The summed E-state index contributed by atoms with van der Waals surface area (Å²) in [7, 11) is 1.65. The zero-order valence-corrected chi connectivity index (χ0v) is 17.1. The molecule has 4 heterocycles. The molecule has 0 saturated carbocycles. The Balaban J connectivity index is 1.60. The van der Waals surface area contributed by atoms with Gasteiger partial charge >= 0.3 is 0 Å². The van der Waals surface area contributed by atoms with Crippen LogP contribution >= 0.6 is 0 Å². The van der Waals surface area contributed by atoms with E-state index in [1.165, 1.54) is 0 Å². The number of ether oxygens (including phenoxy) is 2. The van der Waals surface area contributed by atoms with Gasteiger partial charge in [-0.05, 0) is 29.3 Å². The van der Waals surface area contributed by atoms with Crippen molar-refractivity contribution in [2.24, 2.45) is 0 Å². The lowest BCUT2D eigenvalue weighted by Crippen LogP contribution is -2.37. The Morgan fingerprint density at radius 3 is 2.77 bits per heavy atom. The number of rotatable bonds is 5. The lowest BCUT2D eigenvalue weighted by Gasteiger charge is -2.28. The molecule has 1 saturated heterocycles. The van der Waals surface area contributed by atoms with Crippen LogP contribution in [0.1, 0.15) is 5.56 Å². The van der Waals surface area contributed by atoms with Gasteiger partial charge < -0.3 is 19.5 Å². The third kappa shape index (κ3) is 3.80. The molecule has 1 aromatic carbocycles. The minimum Gasteiger partial charge on any atom is -0.497 e. The largest absolute Gasteiger partial charge is 0.497 e. The number of anilines is 1. The lowest BCUT2D eigenvalue weighted by molar-refractivity contribution is 0.122. The molecule has 9 nitrogen and oxygen atoms in total. The van der Waals surface area contributed by atoms with Gasteiger partial charge in [0.2, 0.25) is 0 Å². The molecule has 0 unspecified atom stereocenters. The summed E-state index contributed by atoms with van der Waals surface area (Å²) in [4.78, 5) is 16.2. The van der Waals surface area contributed by atoms with Crippen LogP contribution in [0.25, 0.3) is 28.1 Å². The highest BCUT2D eigenvalue weighted by Crippen LogP contribution is 2.27. The van der Waals surface area contributed by atoms with Crippen LogP contribution < -0.4 is 9.64 Å². The van der Waals surface area contributed by atoms with Gasteiger partial charge in [0.05, 0.1) is 38.6 Å². The number of morpholine rings is 1. The van der Waals surface area contributed by atoms with Crippen LogP contribution in [0, 0.1) is 0 Å². The Morgan fingerprint density at radius 2 is 1.97 bits per heavy atom. The van der Waals surface area contributed by atoms with E-state index in [2.05, 4.69) is 20.0 Å². The van der Waals surface area contributed by atoms with Gasteiger partial charge in [-0.2, -0.15) is 10.1 Å². The van der Waals surface area contributed by atoms with Crippen molar-refractivity contribution in [1.82, 2.24) is 24.7 Å². The fraction of sp³-hybridized carbons (Fsp3) is 0.273. The van der Waals surface area contributed by atoms with Crippen LogP contribution in [0.2, 0.25) is 0 Å². The fourth-order valence-electron chi connectivity index (χ4n) is 3.60. The fourth-order valence-corrected chi connectivity index (χ4v) is 3.60. The molecule has 4 aromatic rings. The van der Waals surface area contributed by atoms with E-state index < -0.39 is 0 Å². The molecule has 1 aliphatic heterocycles. The second kappa shape index (κ2) is 8.29. The van der Waals surface area contributed by atoms with Crippen molar-refractivity contribution >= 4 is 16.9 Å². The summed E-state index contributed by atoms with van der Waals surface area (Å²) in [5.41, 5.74) is 3.98. The van der Waals surface area contributed by atoms with E-state index in [-0.39, 0.29) is 6.61 Å². The van der Waals surface area contributed by atoms with Crippen LogP contribution in [-0.4, -0.2) is 63.3 Å². The van der Waals surface area contributed by atoms with Gasteiger partial charge in [0.1, 0.15) is 11.3 Å². The average molecular weight is 418 g/mol.